The molecule has 0 amide bonds. The molecule has 1 heterocycles. The molecule has 0 fully saturated rings. The van der Waals surface area contributed by atoms with Gasteiger partial charge in [0, 0.05) is 11.4 Å². The van der Waals surface area contributed by atoms with Gasteiger partial charge in [-0.1, -0.05) is 29.8 Å². The van der Waals surface area contributed by atoms with Crippen LogP contribution < -0.4 is 0 Å². The summed E-state index contributed by atoms with van der Waals surface area (Å²) in [6, 6.07) is 6.26. The average Bonchev–Trinajstić information content (AvgIpc) is 2.74. The van der Waals surface area contributed by atoms with Crippen molar-refractivity contribution in [2.45, 2.75) is 19.4 Å². The number of carbonyl (C=O) groups is 1. The number of carboxylic acids is 1. The molecular weight excluding hydrogens is 256 g/mol. The van der Waals surface area contributed by atoms with Crippen LogP contribution in [-0.4, -0.2) is 31.3 Å². The highest BCUT2D eigenvalue weighted by molar-refractivity contribution is 6.31. The SMILES string of the molecule is Cc1nnnn1C(Cc1ccccc1Cl)C(=O)O. The Morgan fingerprint density at radius 3 is 2.78 bits per heavy atom. The van der Waals surface area contributed by atoms with Crippen molar-refractivity contribution in [3.8, 4) is 0 Å². The van der Waals surface area contributed by atoms with Gasteiger partial charge in [-0.2, -0.15) is 0 Å². The Morgan fingerprint density at radius 2 is 2.22 bits per heavy atom. The molecule has 6 nitrogen and oxygen atoms in total. The molecule has 0 radical (unpaired) electrons. The molecule has 1 aromatic carbocycles. The number of hydrogen-bond acceptors (Lipinski definition) is 4. The van der Waals surface area contributed by atoms with Gasteiger partial charge >= 0.3 is 5.97 Å². The molecule has 94 valence electrons. The van der Waals surface area contributed by atoms with Crippen molar-refractivity contribution in [3.05, 3.63) is 40.7 Å². The maximum Gasteiger partial charge on any atom is 0.328 e. The van der Waals surface area contributed by atoms with Gasteiger partial charge in [-0.3, -0.25) is 0 Å². The molecule has 0 aliphatic carbocycles. The first kappa shape index (κ1) is 12.5. The third kappa shape index (κ3) is 2.48. The minimum absolute atomic E-state index is 0.237. The molecule has 0 saturated carbocycles. The number of carboxylic acid groups (broad SMARTS) is 1. The number of rotatable bonds is 4. The second-order valence-corrected chi connectivity index (χ2v) is 4.23. The van der Waals surface area contributed by atoms with Crippen LogP contribution in [0, 0.1) is 6.92 Å². The van der Waals surface area contributed by atoms with Crippen molar-refractivity contribution in [1.82, 2.24) is 20.2 Å². The van der Waals surface area contributed by atoms with E-state index in [9.17, 15) is 9.90 Å². The van der Waals surface area contributed by atoms with E-state index >= 15 is 0 Å². The quantitative estimate of drug-likeness (QED) is 0.907. The molecule has 1 atom stereocenters. The predicted octanol–water partition coefficient (Wildman–Crippen LogP) is 1.50. The Labute approximate surface area is 108 Å². The van der Waals surface area contributed by atoms with Crippen LogP contribution in [0.2, 0.25) is 5.02 Å². The summed E-state index contributed by atoms with van der Waals surface area (Å²) in [7, 11) is 0. The van der Waals surface area contributed by atoms with E-state index in [4.69, 9.17) is 11.6 Å². The van der Waals surface area contributed by atoms with E-state index < -0.39 is 12.0 Å². The molecule has 1 N–H and O–H groups in total. The number of aryl methyl sites for hydroxylation is 1. The lowest BCUT2D eigenvalue weighted by atomic mass is 10.1. The lowest BCUT2D eigenvalue weighted by Crippen LogP contribution is -2.23. The van der Waals surface area contributed by atoms with Gasteiger partial charge in [0.05, 0.1) is 0 Å². The number of hydrogen-bond donors (Lipinski definition) is 1. The maximum atomic E-state index is 11.3. The van der Waals surface area contributed by atoms with Crippen LogP contribution in [0.15, 0.2) is 24.3 Å². The Hall–Kier alpha value is -1.95. The van der Waals surface area contributed by atoms with E-state index in [-0.39, 0.29) is 6.42 Å². The molecule has 0 spiro atoms. The van der Waals surface area contributed by atoms with Crippen molar-refractivity contribution < 1.29 is 9.90 Å². The summed E-state index contributed by atoms with van der Waals surface area (Å²) < 4.78 is 1.28. The number of tetrazole rings is 1. The lowest BCUT2D eigenvalue weighted by molar-refractivity contribution is -0.141. The van der Waals surface area contributed by atoms with Crippen LogP contribution in [0.25, 0.3) is 0 Å². The highest BCUT2D eigenvalue weighted by Gasteiger charge is 2.24. The maximum absolute atomic E-state index is 11.3. The Balaban J connectivity index is 2.31. The Kier molecular flexibility index (Phi) is 3.57. The first-order valence-corrected chi connectivity index (χ1v) is 5.68. The second kappa shape index (κ2) is 5.14. The highest BCUT2D eigenvalue weighted by Crippen LogP contribution is 2.21. The number of benzene rings is 1. The summed E-state index contributed by atoms with van der Waals surface area (Å²) in [5, 5.41) is 20.6. The summed E-state index contributed by atoms with van der Waals surface area (Å²) >= 11 is 6.02. The molecule has 1 unspecified atom stereocenters. The lowest BCUT2D eigenvalue weighted by Gasteiger charge is -2.13. The average molecular weight is 267 g/mol. The molecule has 18 heavy (non-hydrogen) atoms. The molecule has 0 saturated heterocycles. The number of aliphatic carboxylic acids is 1. The molecule has 2 rings (SSSR count). The standard InChI is InChI=1S/C11H11ClN4O2/c1-7-13-14-15-16(7)10(11(17)18)6-8-4-2-3-5-9(8)12/h2-5,10H,6H2,1H3,(H,17,18). The summed E-state index contributed by atoms with van der Waals surface area (Å²) in [6.45, 7) is 1.66. The zero-order chi connectivity index (χ0) is 13.1. The second-order valence-electron chi connectivity index (χ2n) is 3.82. The van der Waals surface area contributed by atoms with Gasteiger partial charge < -0.3 is 5.11 Å². The van der Waals surface area contributed by atoms with Gasteiger partial charge in [-0.05, 0) is 29.0 Å². The van der Waals surface area contributed by atoms with E-state index in [0.29, 0.717) is 10.8 Å². The van der Waals surface area contributed by atoms with Gasteiger partial charge in [-0.25, -0.2) is 9.48 Å². The minimum Gasteiger partial charge on any atom is -0.480 e. The Bertz CT molecular complexity index is 570. The first-order valence-electron chi connectivity index (χ1n) is 5.30. The fourth-order valence-corrected chi connectivity index (χ4v) is 1.89. The number of aromatic nitrogens is 4. The van der Waals surface area contributed by atoms with E-state index in [1.165, 1.54) is 4.68 Å². The van der Waals surface area contributed by atoms with E-state index in [2.05, 4.69) is 15.5 Å². The van der Waals surface area contributed by atoms with Crippen molar-refractivity contribution in [3.63, 3.8) is 0 Å². The van der Waals surface area contributed by atoms with Crippen molar-refractivity contribution in [2.24, 2.45) is 0 Å². The number of nitrogens with zero attached hydrogens (tertiary/aromatic N) is 4. The van der Waals surface area contributed by atoms with Crippen LogP contribution in [0.5, 0.6) is 0 Å². The minimum atomic E-state index is -0.995. The fourth-order valence-electron chi connectivity index (χ4n) is 1.68. The molecule has 0 bridgehead atoms. The van der Waals surface area contributed by atoms with Crippen molar-refractivity contribution in [2.75, 3.05) is 0 Å². The van der Waals surface area contributed by atoms with Crippen LogP contribution in [0.1, 0.15) is 17.4 Å². The summed E-state index contributed by atoms with van der Waals surface area (Å²) in [6.07, 6.45) is 0.237. The van der Waals surface area contributed by atoms with Crippen LogP contribution in [0.4, 0.5) is 0 Å². The summed E-state index contributed by atoms with van der Waals surface area (Å²) in [5.41, 5.74) is 0.751. The molecular formula is C11H11ClN4O2. The summed E-state index contributed by atoms with van der Waals surface area (Å²) in [4.78, 5) is 11.3. The molecule has 7 heteroatoms. The van der Waals surface area contributed by atoms with Gasteiger partial charge in [0.25, 0.3) is 0 Å². The topological polar surface area (TPSA) is 80.9 Å². The zero-order valence-corrected chi connectivity index (χ0v) is 10.4. The number of halogens is 1. The van der Waals surface area contributed by atoms with Gasteiger partial charge in [0.1, 0.15) is 5.82 Å². The van der Waals surface area contributed by atoms with Gasteiger partial charge in [-0.15, -0.1) is 5.10 Å². The van der Waals surface area contributed by atoms with Crippen LogP contribution in [-0.2, 0) is 11.2 Å². The van der Waals surface area contributed by atoms with Crippen molar-refractivity contribution >= 4 is 17.6 Å². The Morgan fingerprint density at radius 1 is 1.50 bits per heavy atom. The zero-order valence-electron chi connectivity index (χ0n) is 9.62. The molecule has 0 aliphatic rings. The van der Waals surface area contributed by atoms with Gasteiger partial charge in [0.15, 0.2) is 6.04 Å². The molecule has 0 aliphatic heterocycles. The summed E-state index contributed by atoms with van der Waals surface area (Å²) in [5.74, 6) is -0.542. The largest absolute Gasteiger partial charge is 0.480 e. The van der Waals surface area contributed by atoms with Crippen LogP contribution in [0.3, 0.4) is 0 Å². The van der Waals surface area contributed by atoms with Crippen LogP contribution >= 0.6 is 11.6 Å². The van der Waals surface area contributed by atoms with Crippen molar-refractivity contribution in [1.29, 1.82) is 0 Å². The molecule has 1 aromatic heterocycles. The third-order valence-electron chi connectivity index (χ3n) is 2.61. The fraction of sp³-hybridized carbons (Fsp3) is 0.273. The highest BCUT2D eigenvalue weighted by atomic mass is 35.5. The van der Waals surface area contributed by atoms with Gasteiger partial charge in [0.2, 0.25) is 0 Å². The monoisotopic (exact) mass is 266 g/mol. The smallest absolute Gasteiger partial charge is 0.328 e. The first-order chi connectivity index (χ1) is 8.59. The normalized spacial score (nSPS) is 12.3. The van der Waals surface area contributed by atoms with E-state index in [1.54, 1.807) is 25.1 Å². The van der Waals surface area contributed by atoms with E-state index in [1.807, 2.05) is 6.07 Å². The van der Waals surface area contributed by atoms with E-state index in [0.717, 1.165) is 5.56 Å². The third-order valence-corrected chi connectivity index (χ3v) is 2.98. The predicted molar refractivity (Wildman–Crippen MR) is 64.4 cm³/mol. The molecule has 2 aromatic rings.